The van der Waals surface area contributed by atoms with Gasteiger partial charge in [0.15, 0.2) is 0 Å². The van der Waals surface area contributed by atoms with E-state index in [-0.39, 0.29) is 23.6 Å². The van der Waals surface area contributed by atoms with Crippen LogP contribution in [0.3, 0.4) is 0 Å². The Hall–Kier alpha value is -2.32. The van der Waals surface area contributed by atoms with Gasteiger partial charge in [-0.2, -0.15) is 4.31 Å². The number of hydrogen-bond acceptors (Lipinski definition) is 5. The highest BCUT2D eigenvalue weighted by atomic mass is 32.2. The number of hydrogen-bond donors (Lipinski definition) is 0. The minimum Gasteiger partial charge on any atom is -0.465 e. The molecule has 0 bridgehead atoms. The van der Waals surface area contributed by atoms with Gasteiger partial charge in [0.25, 0.3) is 0 Å². The molecule has 0 N–H and O–H groups in total. The molecule has 2 aromatic rings. The van der Waals surface area contributed by atoms with Crippen LogP contribution in [0.15, 0.2) is 39.6 Å². The van der Waals surface area contributed by atoms with Crippen molar-refractivity contribution < 1.29 is 22.4 Å². The maximum Gasteiger partial charge on any atom is 0.414 e. The number of furan rings is 1. The zero-order valence-corrected chi connectivity index (χ0v) is 16.2. The minimum atomic E-state index is -3.60. The third kappa shape index (κ3) is 3.12. The fraction of sp³-hybridized carbons (Fsp3) is 0.421. The number of para-hydroxylation sites is 1. The molecule has 8 heteroatoms. The molecule has 0 spiro atoms. The highest BCUT2D eigenvalue weighted by molar-refractivity contribution is 7.89. The van der Waals surface area contributed by atoms with E-state index in [9.17, 15) is 13.2 Å². The van der Waals surface area contributed by atoms with Crippen LogP contribution in [0.4, 0.5) is 10.5 Å². The van der Waals surface area contributed by atoms with Crippen LogP contribution in [0.25, 0.3) is 0 Å². The maximum absolute atomic E-state index is 12.9. The Labute approximate surface area is 158 Å². The summed E-state index contributed by atoms with van der Waals surface area (Å²) in [5.41, 5.74) is 1.83. The Morgan fingerprint density at radius 3 is 2.48 bits per heavy atom. The van der Waals surface area contributed by atoms with Crippen LogP contribution in [-0.2, 0) is 21.4 Å². The first kappa shape index (κ1) is 18.1. The Kier molecular flexibility index (Phi) is 4.47. The normalized spacial score (nSPS) is 19.0. The van der Waals surface area contributed by atoms with Gasteiger partial charge in [-0.1, -0.05) is 18.2 Å². The van der Waals surface area contributed by atoms with Crippen LogP contribution >= 0.6 is 0 Å². The van der Waals surface area contributed by atoms with E-state index in [4.69, 9.17) is 9.15 Å². The number of fused-ring (bicyclic) bond motifs is 1. The van der Waals surface area contributed by atoms with Crippen LogP contribution in [0.2, 0.25) is 0 Å². The Morgan fingerprint density at radius 1 is 1.11 bits per heavy atom. The third-order valence-electron chi connectivity index (χ3n) is 5.20. The second-order valence-corrected chi connectivity index (χ2v) is 8.87. The largest absolute Gasteiger partial charge is 0.465 e. The van der Waals surface area contributed by atoms with Crippen molar-refractivity contribution in [2.24, 2.45) is 0 Å². The van der Waals surface area contributed by atoms with E-state index < -0.39 is 10.0 Å². The molecule has 0 aliphatic carbocycles. The van der Waals surface area contributed by atoms with Crippen molar-refractivity contribution in [3.05, 3.63) is 47.4 Å². The lowest BCUT2D eigenvalue weighted by Crippen LogP contribution is -2.50. The number of amides is 1. The van der Waals surface area contributed by atoms with Crippen molar-refractivity contribution in [3.8, 4) is 0 Å². The zero-order valence-electron chi connectivity index (χ0n) is 15.3. The molecule has 1 aromatic heterocycles. The van der Waals surface area contributed by atoms with Crippen LogP contribution in [-0.4, -0.2) is 37.9 Å². The van der Waals surface area contributed by atoms with Crippen LogP contribution in [0, 0.1) is 13.8 Å². The summed E-state index contributed by atoms with van der Waals surface area (Å²) in [6.45, 7) is 4.37. The predicted octanol–water partition coefficient (Wildman–Crippen LogP) is 3.21. The molecule has 1 aromatic carbocycles. The highest BCUT2D eigenvalue weighted by Crippen LogP contribution is 2.33. The van der Waals surface area contributed by atoms with Gasteiger partial charge in [-0.3, -0.25) is 4.90 Å². The standard InChI is InChI=1S/C19H22N2O5S/c1-13-11-18(14(2)26-13)27(23,24)20-9-7-16(8-10-20)21-17-6-4-3-5-15(17)12-25-19(21)22/h3-6,11,16H,7-10,12H2,1-2H3. The molecular weight excluding hydrogens is 368 g/mol. The van der Waals surface area contributed by atoms with Crippen molar-refractivity contribution in [2.45, 2.75) is 44.2 Å². The quantitative estimate of drug-likeness (QED) is 0.804. The average Bonchev–Trinajstić information content (AvgIpc) is 3.01. The van der Waals surface area contributed by atoms with Crippen molar-refractivity contribution in [2.75, 3.05) is 18.0 Å². The molecule has 0 saturated carbocycles. The monoisotopic (exact) mass is 390 g/mol. The number of carbonyl (C=O) groups excluding carboxylic acids is 1. The predicted molar refractivity (Wildman–Crippen MR) is 99.1 cm³/mol. The topological polar surface area (TPSA) is 80.1 Å². The third-order valence-corrected chi connectivity index (χ3v) is 7.21. The van der Waals surface area contributed by atoms with Crippen molar-refractivity contribution in [3.63, 3.8) is 0 Å². The number of rotatable bonds is 3. The van der Waals surface area contributed by atoms with Gasteiger partial charge in [-0.15, -0.1) is 0 Å². The van der Waals surface area contributed by atoms with Gasteiger partial charge in [0.05, 0.1) is 5.69 Å². The second-order valence-electron chi connectivity index (χ2n) is 6.97. The van der Waals surface area contributed by atoms with Crippen LogP contribution < -0.4 is 4.90 Å². The summed E-state index contributed by atoms with van der Waals surface area (Å²) in [4.78, 5) is 14.3. The average molecular weight is 390 g/mol. The molecule has 4 rings (SSSR count). The summed E-state index contributed by atoms with van der Waals surface area (Å²) in [6.07, 6.45) is 0.744. The van der Waals surface area contributed by atoms with E-state index in [1.165, 1.54) is 4.31 Å². The molecule has 3 heterocycles. The fourth-order valence-corrected chi connectivity index (χ4v) is 5.55. The Bertz CT molecular complexity index is 974. The molecule has 7 nitrogen and oxygen atoms in total. The summed E-state index contributed by atoms with van der Waals surface area (Å²) in [5, 5.41) is 0. The molecule has 0 radical (unpaired) electrons. The number of carbonyl (C=O) groups is 1. The minimum absolute atomic E-state index is 0.0856. The maximum atomic E-state index is 12.9. The molecule has 0 unspecified atom stereocenters. The van der Waals surface area contributed by atoms with Gasteiger partial charge in [-0.25, -0.2) is 13.2 Å². The van der Waals surface area contributed by atoms with Gasteiger partial charge in [0.1, 0.15) is 23.0 Å². The summed E-state index contributed by atoms with van der Waals surface area (Å²) in [5.74, 6) is 0.983. The molecular formula is C19H22N2O5S. The highest BCUT2D eigenvalue weighted by Gasteiger charge is 2.37. The Balaban J connectivity index is 1.53. The van der Waals surface area contributed by atoms with E-state index in [0.717, 1.165) is 11.3 Å². The summed E-state index contributed by atoms with van der Waals surface area (Å²) in [6, 6.07) is 9.15. The number of ether oxygens (including phenoxy) is 1. The number of sulfonamides is 1. The van der Waals surface area contributed by atoms with E-state index >= 15 is 0 Å². The van der Waals surface area contributed by atoms with Crippen molar-refractivity contribution >= 4 is 21.8 Å². The van der Waals surface area contributed by atoms with E-state index in [1.807, 2.05) is 24.3 Å². The lowest BCUT2D eigenvalue weighted by Gasteiger charge is -2.39. The Morgan fingerprint density at radius 2 is 1.81 bits per heavy atom. The van der Waals surface area contributed by atoms with Gasteiger partial charge in [-0.05, 0) is 38.8 Å². The number of nitrogens with zero attached hydrogens (tertiary/aromatic N) is 2. The summed E-state index contributed by atoms with van der Waals surface area (Å²) >= 11 is 0. The van der Waals surface area contributed by atoms with E-state index in [0.29, 0.717) is 37.5 Å². The first-order chi connectivity index (χ1) is 12.9. The molecule has 2 aliphatic heterocycles. The van der Waals surface area contributed by atoms with Gasteiger partial charge >= 0.3 is 6.09 Å². The summed E-state index contributed by atoms with van der Waals surface area (Å²) in [7, 11) is -3.60. The SMILES string of the molecule is Cc1cc(S(=O)(=O)N2CCC(N3C(=O)OCc4ccccc43)CC2)c(C)o1. The lowest BCUT2D eigenvalue weighted by atomic mass is 10.0. The molecule has 1 amide bonds. The number of cyclic esters (lactones) is 1. The van der Waals surface area contributed by atoms with Gasteiger partial charge in [0, 0.05) is 24.7 Å². The van der Waals surface area contributed by atoms with Gasteiger partial charge < -0.3 is 9.15 Å². The first-order valence-electron chi connectivity index (χ1n) is 8.99. The van der Waals surface area contributed by atoms with Gasteiger partial charge in [0.2, 0.25) is 10.0 Å². The first-order valence-corrected chi connectivity index (χ1v) is 10.4. The smallest absolute Gasteiger partial charge is 0.414 e. The summed E-state index contributed by atoms with van der Waals surface area (Å²) < 4.78 is 38.0. The molecule has 0 atom stereocenters. The number of aryl methyl sites for hydroxylation is 2. The van der Waals surface area contributed by atoms with Crippen molar-refractivity contribution in [1.29, 1.82) is 0 Å². The molecule has 1 fully saturated rings. The fourth-order valence-electron chi connectivity index (χ4n) is 3.86. The van der Waals surface area contributed by atoms with Crippen LogP contribution in [0.5, 0.6) is 0 Å². The number of anilines is 1. The second kappa shape index (κ2) is 6.69. The molecule has 2 aliphatic rings. The van der Waals surface area contributed by atoms with E-state index in [2.05, 4.69) is 0 Å². The van der Waals surface area contributed by atoms with E-state index in [1.54, 1.807) is 24.8 Å². The number of benzene rings is 1. The zero-order chi connectivity index (χ0) is 19.2. The molecule has 1 saturated heterocycles. The molecule has 144 valence electrons. The molecule has 27 heavy (non-hydrogen) atoms. The number of piperidine rings is 1. The van der Waals surface area contributed by atoms with Crippen LogP contribution in [0.1, 0.15) is 29.9 Å². The van der Waals surface area contributed by atoms with Crippen molar-refractivity contribution in [1.82, 2.24) is 4.31 Å². The lowest BCUT2D eigenvalue weighted by molar-refractivity contribution is 0.136.